The van der Waals surface area contributed by atoms with E-state index in [1.807, 2.05) is 29.7 Å². The number of benzene rings is 1. The van der Waals surface area contributed by atoms with Gasteiger partial charge in [0.2, 0.25) is 0 Å². The maximum atomic E-state index is 6.33. The molecule has 0 N–H and O–H groups in total. The third-order valence-electron chi connectivity index (χ3n) is 2.99. The summed E-state index contributed by atoms with van der Waals surface area (Å²) >= 11 is 22.0. The Morgan fingerprint density at radius 1 is 1.24 bits per heavy atom. The summed E-state index contributed by atoms with van der Waals surface area (Å²) < 4.78 is 2.77. The first-order chi connectivity index (χ1) is 9.97. The molecule has 3 aromatic rings. The molecule has 0 saturated heterocycles. The van der Waals surface area contributed by atoms with E-state index in [4.69, 9.17) is 34.8 Å². The highest BCUT2D eigenvalue weighted by atomic mass is 79.9. The molecule has 0 spiro atoms. The summed E-state index contributed by atoms with van der Waals surface area (Å²) in [6, 6.07) is 7.35. The van der Waals surface area contributed by atoms with E-state index in [0.29, 0.717) is 27.0 Å². The van der Waals surface area contributed by atoms with Gasteiger partial charge < -0.3 is 0 Å². The van der Waals surface area contributed by atoms with Gasteiger partial charge in [0.05, 0.1) is 21.1 Å². The number of aromatic nitrogens is 3. The molecule has 3 rings (SSSR count). The Morgan fingerprint density at radius 3 is 2.71 bits per heavy atom. The minimum Gasteiger partial charge on any atom is -0.278 e. The lowest BCUT2D eigenvalue weighted by Gasteiger charge is -2.12. The van der Waals surface area contributed by atoms with Crippen LogP contribution in [-0.4, -0.2) is 14.5 Å². The normalized spacial score (nSPS) is 12.8. The second kappa shape index (κ2) is 5.76. The average Bonchev–Trinajstić information content (AvgIpc) is 2.80. The van der Waals surface area contributed by atoms with E-state index in [0.717, 1.165) is 10.2 Å². The molecule has 7 heteroatoms. The molecule has 0 fully saturated rings. The van der Waals surface area contributed by atoms with E-state index in [-0.39, 0.29) is 5.38 Å². The standard InChI is InChI=1S/C14H9BrCl3N3/c1-7(16)13-20-11-5-9(17)6-19-14(11)21(13)12-4-8(15)2-3-10(12)18/h2-7H,1H3. The first-order valence-corrected chi connectivity index (χ1v) is 8.09. The van der Waals surface area contributed by atoms with Gasteiger partial charge in [0.25, 0.3) is 0 Å². The molecule has 0 aliphatic carbocycles. The van der Waals surface area contributed by atoms with Crippen LogP contribution in [0.1, 0.15) is 18.1 Å². The minimum atomic E-state index is -0.298. The lowest BCUT2D eigenvalue weighted by molar-refractivity contribution is 0.876. The summed E-state index contributed by atoms with van der Waals surface area (Å²) in [6.07, 6.45) is 1.58. The van der Waals surface area contributed by atoms with E-state index >= 15 is 0 Å². The summed E-state index contributed by atoms with van der Waals surface area (Å²) in [6.45, 7) is 1.85. The van der Waals surface area contributed by atoms with E-state index in [1.54, 1.807) is 12.3 Å². The van der Waals surface area contributed by atoms with Crippen molar-refractivity contribution in [3.05, 3.63) is 50.8 Å². The van der Waals surface area contributed by atoms with Crippen molar-refractivity contribution in [3.63, 3.8) is 0 Å². The van der Waals surface area contributed by atoms with Crippen molar-refractivity contribution in [2.45, 2.75) is 12.3 Å². The molecule has 3 nitrogen and oxygen atoms in total. The number of pyridine rings is 1. The van der Waals surface area contributed by atoms with Gasteiger partial charge in [-0.3, -0.25) is 4.57 Å². The molecule has 0 amide bonds. The van der Waals surface area contributed by atoms with E-state index in [1.165, 1.54) is 0 Å². The molecule has 0 aliphatic heterocycles. The van der Waals surface area contributed by atoms with Crippen molar-refractivity contribution in [1.82, 2.24) is 14.5 Å². The lowest BCUT2D eigenvalue weighted by atomic mass is 10.3. The molecule has 0 radical (unpaired) electrons. The van der Waals surface area contributed by atoms with E-state index in [2.05, 4.69) is 25.9 Å². The van der Waals surface area contributed by atoms with Crippen molar-refractivity contribution >= 4 is 61.9 Å². The Kier molecular flexibility index (Phi) is 4.14. The largest absolute Gasteiger partial charge is 0.278 e. The van der Waals surface area contributed by atoms with Crippen molar-refractivity contribution in [2.75, 3.05) is 0 Å². The molecule has 21 heavy (non-hydrogen) atoms. The molecule has 2 aromatic heterocycles. The summed E-state index contributed by atoms with van der Waals surface area (Å²) in [5.41, 5.74) is 2.12. The van der Waals surface area contributed by atoms with Crippen molar-refractivity contribution in [2.24, 2.45) is 0 Å². The molecule has 0 aliphatic rings. The zero-order valence-corrected chi connectivity index (χ0v) is 14.7. The number of rotatable bonds is 2. The Bertz CT molecular complexity index is 830. The van der Waals surface area contributed by atoms with Gasteiger partial charge in [-0.25, -0.2) is 9.97 Å². The molecule has 0 bridgehead atoms. The van der Waals surface area contributed by atoms with Gasteiger partial charge in [0.1, 0.15) is 11.3 Å². The number of hydrogen-bond donors (Lipinski definition) is 0. The smallest absolute Gasteiger partial charge is 0.164 e. The predicted molar refractivity (Wildman–Crippen MR) is 90.9 cm³/mol. The molecular weight excluding hydrogens is 396 g/mol. The van der Waals surface area contributed by atoms with Crippen LogP contribution in [0.4, 0.5) is 0 Å². The fourth-order valence-corrected chi connectivity index (χ4v) is 2.97. The van der Waals surface area contributed by atoms with Gasteiger partial charge in [-0.15, -0.1) is 11.6 Å². The maximum Gasteiger partial charge on any atom is 0.164 e. The topological polar surface area (TPSA) is 30.7 Å². The number of nitrogens with zero attached hydrogens (tertiary/aromatic N) is 3. The van der Waals surface area contributed by atoms with Crippen LogP contribution in [0.15, 0.2) is 34.9 Å². The summed E-state index contributed by atoms with van der Waals surface area (Å²) in [5.74, 6) is 0.668. The van der Waals surface area contributed by atoms with Crippen LogP contribution in [0, 0.1) is 0 Å². The highest BCUT2D eigenvalue weighted by Crippen LogP contribution is 2.32. The Morgan fingerprint density at radius 2 is 2.00 bits per heavy atom. The summed E-state index contributed by atoms with van der Waals surface area (Å²) in [7, 11) is 0. The van der Waals surface area contributed by atoms with Crippen LogP contribution in [0.25, 0.3) is 16.9 Å². The molecule has 108 valence electrons. The van der Waals surface area contributed by atoms with Crippen molar-refractivity contribution in [3.8, 4) is 5.69 Å². The first-order valence-electron chi connectivity index (χ1n) is 6.11. The number of fused-ring (bicyclic) bond motifs is 1. The van der Waals surface area contributed by atoms with Gasteiger partial charge in [-0.1, -0.05) is 39.1 Å². The second-order valence-corrected chi connectivity index (χ2v) is 6.93. The number of imidazole rings is 1. The second-order valence-electron chi connectivity index (χ2n) is 4.51. The maximum absolute atomic E-state index is 6.33. The molecule has 1 aromatic carbocycles. The molecule has 2 heterocycles. The Hall–Kier alpha value is -0.810. The minimum absolute atomic E-state index is 0.298. The van der Waals surface area contributed by atoms with Crippen molar-refractivity contribution in [1.29, 1.82) is 0 Å². The zero-order chi connectivity index (χ0) is 15.1. The Balaban J connectivity index is 2.39. The third-order valence-corrected chi connectivity index (χ3v) is 4.21. The van der Waals surface area contributed by atoms with Crippen LogP contribution >= 0.6 is 50.7 Å². The number of halogens is 4. The van der Waals surface area contributed by atoms with Crippen LogP contribution < -0.4 is 0 Å². The summed E-state index contributed by atoms with van der Waals surface area (Å²) in [5, 5.41) is 0.821. The number of hydrogen-bond acceptors (Lipinski definition) is 2. The van der Waals surface area contributed by atoms with Crippen LogP contribution in [0.5, 0.6) is 0 Å². The van der Waals surface area contributed by atoms with Crippen LogP contribution in [0.2, 0.25) is 10.0 Å². The van der Waals surface area contributed by atoms with Gasteiger partial charge in [0, 0.05) is 10.7 Å². The van der Waals surface area contributed by atoms with Crippen molar-refractivity contribution < 1.29 is 0 Å². The van der Waals surface area contributed by atoms with Gasteiger partial charge >= 0.3 is 0 Å². The van der Waals surface area contributed by atoms with Crippen LogP contribution in [0.3, 0.4) is 0 Å². The molecule has 1 atom stereocenters. The molecule has 1 unspecified atom stereocenters. The van der Waals surface area contributed by atoms with Gasteiger partial charge in [0.15, 0.2) is 5.65 Å². The summed E-state index contributed by atoms with van der Waals surface area (Å²) in [4.78, 5) is 8.90. The SMILES string of the molecule is CC(Cl)c1nc2cc(Cl)cnc2n1-c1cc(Br)ccc1Cl. The quantitative estimate of drug-likeness (QED) is 0.505. The Labute approximate surface area is 145 Å². The fraction of sp³-hybridized carbons (Fsp3) is 0.143. The highest BCUT2D eigenvalue weighted by Gasteiger charge is 2.19. The van der Waals surface area contributed by atoms with Gasteiger partial charge in [-0.05, 0) is 31.2 Å². The van der Waals surface area contributed by atoms with Gasteiger partial charge in [-0.2, -0.15) is 0 Å². The predicted octanol–water partition coefficient (Wildman–Crippen LogP) is 5.79. The zero-order valence-electron chi connectivity index (χ0n) is 10.8. The first kappa shape index (κ1) is 15.1. The molecular formula is C14H9BrCl3N3. The number of alkyl halides is 1. The highest BCUT2D eigenvalue weighted by molar-refractivity contribution is 9.10. The van der Waals surface area contributed by atoms with E-state index < -0.39 is 0 Å². The lowest BCUT2D eigenvalue weighted by Crippen LogP contribution is -2.03. The average molecular weight is 406 g/mol. The fourth-order valence-electron chi connectivity index (χ4n) is 2.12. The molecule has 0 saturated carbocycles. The van der Waals surface area contributed by atoms with Crippen LogP contribution in [-0.2, 0) is 0 Å². The monoisotopic (exact) mass is 403 g/mol. The third kappa shape index (κ3) is 2.78. The van der Waals surface area contributed by atoms with E-state index in [9.17, 15) is 0 Å².